The van der Waals surface area contributed by atoms with Crippen LogP contribution in [0.15, 0.2) is 28.7 Å². The van der Waals surface area contributed by atoms with E-state index in [0.717, 1.165) is 10.2 Å². The molecule has 0 unspecified atom stereocenters. The molecule has 0 amide bonds. The van der Waals surface area contributed by atoms with Gasteiger partial charge in [0.15, 0.2) is 0 Å². The number of hydrogen-bond acceptors (Lipinski definition) is 2. The summed E-state index contributed by atoms with van der Waals surface area (Å²) in [6.45, 7) is 3.50. The molecule has 0 spiro atoms. The second-order valence-corrected chi connectivity index (χ2v) is 2.58. The number of methoxy groups -OCH3 is 1. The Bertz CT molecular complexity index is 235. The summed E-state index contributed by atoms with van der Waals surface area (Å²) >= 11 is 3.32. The third-order valence-corrected chi connectivity index (χ3v) is 1.53. The molecule has 0 aromatic heterocycles. The number of benzene rings is 1. The topological polar surface area (TPSA) is 33.0 Å². The zero-order valence-corrected chi connectivity index (χ0v) is 7.71. The second kappa shape index (κ2) is 5.75. The molecule has 3 heteroatoms. The van der Waals surface area contributed by atoms with Crippen molar-refractivity contribution in [3.63, 3.8) is 0 Å². The molecule has 1 aromatic rings. The van der Waals surface area contributed by atoms with E-state index in [0.29, 0.717) is 0 Å². The van der Waals surface area contributed by atoms with Crippen molar-refractivity contribution >= 4 is 15.9 Å². The molecule has 0 bridgehead atoms. The first-order chi connectivity index (χ1) is 5.33. The van der Waals surface area contributed by atoms with Crippen molar-refractivity contribution < 1.29 is 4.74 Å². The predicted octanol–water partition coefficient (Wildman–Crippen LogP) is 2.60. The minimum Gasteiger partial charge on any atom is -0.497 e. The Labute approximate surface area is 74.5 Å². The van der Waals surface area contributed by atoms with Crippen molar-refractivity contribution in [2.75, 3.05) is 7.11 Å². The van der Waals surface area contributed by atoms with Gasteiger partial charge >= 0.3 is 0 Å². The fourth-order valence-corrected chi connectivity index (χ4v) is 0.972. The summed E-state index contributed by atoms with van der Waals surface area (Å²) in [5, 5.41) is 6.50. The lowest BCUT2D eigenvalue weighted by atomic mass is 10.3. The largest absolute Gasteiger partial charge is 0.497 e. The maximum atomic E-state index is 6.50. The van der Waals surface area contributed by atoms with E-state index in [2.05, 4.69) is 22.5 Å². The maximum Gasteiger partial charge on any atom is 0.119 e. The molecule has 0 radical (unpaired) electrons. The first kappa shape index (κ1) is 9.99. The molecule has 0 N–H and O–H groups in total. The van der Waals surface area contributed by atoms with Crippen molar-refractivity contribution in [2.24, 2.45) is 0 Å². The van der Waals surface area contributed by atoms with Gasteiger partial charge in [-0.15, -0.1) is 0 Å². The van der Waals surface area contributed by atoms with Gasteiger partial charge in [-0.05, 0) is 18.2 Å². The van der Waals surface area contributed by atoms with Crippen LogP contribution in [0.1, 0.15) is 0 Å². The standard InChI is InChI=1S/C7H7BrO.CHN/c1-9-7-4-2-3-6(8)5-7;1-2/h2-5H,1H3;1H. The van der Waals surface area contributed by atoms with Gasteiger partial charge in [-0.25, -0.2) is 5.26 Å². The summed E-state index contributed by atoms with van der Waals surface area (Å²) in [6.07, 6.45) is 0. The average molecular weight is 214 g/mol. The molecule has 0 saturated heterocycles. The van der Waals surface area contributed by atoms with E-state index in [9.17, 15) is 0 Å². The summed E-state index contributed by atoms with van der Waals surface area (Å²) in [4.78, 5) is 0. The van der Waals surface area contributed by atoms with Crippen LogP contribution in [0.5, 0.6) is 5.75 Å². The van der Waals surface area contributed by atoms with Crippen LogP contribution in [-0.2, 0) is 0 Å². The Morgan fingerprint density at radius 1 is 1.45 bits per heavy atom. The van der Waals surface area contributed by atoms with Gasteiger partial charge in [-0.3, -0.25) is 0 Å². The number of ether oxygens (including phenoxy) is 1. The summed E-state index contributed by atoms with van der Waals surface area (Å²) < 4.78 is 6.01. The van der Waals surface area contributed by atoms with Crippen molar-refractivity contribution in [3.05, 3.63) is 28.7 Å². The fraction of sp³-hybridized carbons (Fsp3) is 0.125. The number of rotatable bonds is 1. The Hall–Kier alpha value is -1.01. The minimum absolute atomic E-state index is 0.879. The lowest BCUT2D eigenvalue weighted by molar-refractivity contribution is 0.414. The van der Waals surface area contributed by atoms with Gasteiger partial charge in [0.25, 0.3) is 0 Å². The second-order valence-electron chi connectivity index (χ2n) is 1.66. The Morgan fingerprint density at radius 3 is 2.45 bits per heavy atom. The Morgan fingerprint density at radius 2 is 2.09 bits per heavy atom. The smallest absolute Gasteiger partial charge is 0.119 e. The van der Waals surface area contributed by atoms with Crippen molar-refractivity contribution in [2.45, 2.75) is 0 Å². The third kappa shape index (κ3) is 3.64. The van der Waals surface area contributed by atoms with E-state index in [-0.39, 0.29) is 0 Å². The van der Waals surface area contributed by atoms with Crippen LogP contribution in [0, 0.1) is 11.8 Å². The first-order valence-electron chi connectivity index (χ1n) is 2.88. The van der Waals surface area contributed by atoms with Gasteiger partial charge in [0.05, 0.1) is 7.11 Å². The van der Waals surface area contributed by atoms with E-state index in [1.54, 1.807) is 7.11 Å². The molecule has 1 rings (SSSR count). The van der Waals surface area contributed by atoms with E-state index in [1.165, 1.54) is 0 Å². The predicted molar refractivity (Wildman–Crippen MR) is 47.4 cm³/mol. The van der Waals surface area contributed by atoms with Gasteiger partial charge in [0, 0.05) is 11.0 Å². The highest BCUT2D eigenvalue weighted by molar-refractivity contribution is 9.10. The number of hydrogen-bond donors (Lipinski definition) is 0. The molecule has 0 fully saturated rings. The van der Waals surface area contributed by atoms with Gasteiger partial charge in [-0.2, -0.15) is 0 Å². The SMILES string of the molecule is C#N.COc1cccc(Br)c1. The molecule has 0 aliphatic carbocycles. The summed E-state index contributed by atoms with van der Waals surface area (Å²) in [7, 11) is 1.65. The molecule has 11 heavy (non-hydrogen) atoms. The van der Waals surface area contributed by atoms with Crippen LogP contribution < -0.4 is 4.74 Å². The monoisotopic (exact) mass is 213 g/mol. The lowest BCUT2D eigenvalue weighted by Crippen LogP contribution is -1.79. The highest BCUT2D eigenvalue weighted by atomic mass is 79.9. The number of nitriles is 1. The molecular formula is C8H8BrNO. The molecule has 0 atom stereocenters. The van der Waals surface area contributed by atoms with Crippen LogP contribution in [0.4, 0.5) is 0 Å². The van der Waals surface area contributed by atoms with Crippen LogP contribution in [0.2, 0.25) is 0 Å². The summed E-state index contributed by atoms with van der Waals surface area (Å²) in [6, 6.07) is 7.72. The summed E-state index contributed by atoms with van der Waals surface area (Å²) in [5.41, 5.74) is 0. The molecule has 0 aliphatic rings. The normalized spacial score (nSPS) is 7.64. The molecule has 0 aliphatic heterocycles. The molecular weight excluding hydrogens is 206 g/mol. The average Bonchev–Trinajstić information content (AvgIpc) is 2.08. The highest BCUT2D eigenvalue weighted by Gasteiger charge is 1.88. The van der Waals surface area contributed by atoms with Gasteiger partial charge in [0.2, 0.25) is 0 Å². The first-order valence-corrected chi connectivity index (χ1v) is 3.67. The van der Waals surface area contributed by atoms with E-state index in [1.807, 2.05) is 24.3 Å². The molecule has 0 saturated carbocycles. The maximum absolute atomic E-state index is 6.50. The van der Waals surface area contributed by atoms with Gasteiger partial charge in [-0.1, -0.05) is 22.0 Å². The number of nitrogens with zero attached hydrogens (tertiary/aromatic N) is 1. The Balaban J connectivity index is 0.000000461. The van der Waals surface area contributed by atoms with Crippen LogP contribution in [0.3, 0.4) is 0 Å². The van der Waals surface area contributed by atoms with Gasteiger partial charge < -0.3 is 4.74 Å². The quantitative estimate of drug-likeness (QED) is 0.719. The van der Waals surface area contributed by atoms with E-state index in [4.69, 9.17) is 10.00 Å². The zero-order valence-electron chi connectivity index (χ0n) is 6.12. The molecule has 2 nitrogen and oxygen atoms in total. The molecule has 1 aromatic carbocycles. The van der Waals surface area contributed by atoms with Crippen molar-refractivity contribution in [3.8, 4) is 12.3 Å². The Kier molecular flexibility index (Phi) is 5.22. The van der Waals surface area contributed by atoms with Crippen LogP contribution >= 0.6 is 15.9 Å². The lowest BCUT2D eigenvalue weighted by Gasteiger charge is -1.96. The zero-order chi connectivity index (χ0) is 8.69. The fourth-order valence-electron chi connectivity index (χ4n) is 0.594. The van der Waals surface area contributed by atoms with Crippen molar-refractivity contribution in [1.82, 2.24) is 0 Å². The van der Waals surface area contributed by atoms with Gasteiger partial charge in [0.1, 0.15) is 5.75 Å². The van der Waals surface area contributed by atoms with Crippen LogP contribution in [-0.4, -0.2) is 7.11 Å². The van der Waals surface area contributed by atoms with E-state index >= 15 is 0 Å². The van der Waals surface area contributed by atoms with E-state index < -0.39 is 0 Å². The third-order valence-electron chi connectivity index (χ3n) is 1.03. The molecule has 0 heterocycles. The minimum atomic E-state index is 0.879. The molecule has 58 valence electrons. The number of halogens is 1. The van der Waals surface area contributed by atoms with Crippen LogP contribution in [0.25, 0.3) is 0 Å². The van der Waals surface area contributed by atoms with Crippen molar-refractivity contribution in [1.29, 1.82) is 5.26 Å². The highest BCUT2D eigenvalue weighted by Crippen LogP contribution is 2.16. The summed E-state index contributed by atoms with van der Waals surface area (Å²) in [5.74, 6) is 0.879.